The molecule has 0 unspecified atom stereocenters. The Hall–Kier alpha value is -2.99. The average Bonchev–Trinajstić information content (AvgIpc) is 2.75. The molecule has 0 bridgehead atoms. The average molecular weight is 390 g/mol. The van der Waals surface area contributed by atoms with E-state index in [1.165, 1.54) is 0 Å². The second-order valence-electron chi connectivity index (χ2n) is 6.79. The molecular weight excluding hydrogens is 366 g/mol. The Morgan fingerprint density at radius 3 is 2.21 bits per heavy atom. The highest BCUT2D eigenvalue weighted by Crippen LogP contribution is 2.22. The topological polar surface area (TPSA) is 44.3 Å². The van der Waals surface area contributed by atoms with E-state index >= 15 is 0 Å². The highest BCUT2D eigenvalue weighted by Gasteiger charge is 2.21. The van der Waals surface area contributed by atoms with Gasteiger partial charge in [-0.25, -0.2) is 9.97 Å². The van der Waals surface area contributed by atoms with Gasteiger partial charge in [0.05, 0.1) is 5.69 Å². The first kappa shape index (κ1) is 18.4. The van der Waals surface area contributed by atoms with Gasteiger partial charge in [0, 0.05) is 43.5 Å². The van der Waals surface area contributed by atoms with E-state index in [0.29, 0.717) is 0 Å². The van der Waals surface area contributed by atoms with E-state index in [1.807, 2.05) is 55.5 Å². The Balaban J connectivity index is 1.42. The minimum absolute atomic E-state index is 0.773. The van der Waals surface area contributed by atoms with Crippen LogP contribution in [0.2, 0.25) is 0 Å². The van der Waals surface area contributed by atoms with Gasteiger partial charge < -0.3 is 15.1 Å². The number of anilines is 2. The maximum Gasteiger partial charge on any atom is 0.173 e. The molecule has 4 rings (SSSR count). The van der Waals surface area contributed by atoms with Crippen molar-refractivity contribution in [3.8, 4) is 11.3 Å². The zero-order chi connectivity index (χ0) is 19.3. The summed E-state index contributed by atoms with van der Waals surface area (Å²) in [6.45, 7) is 5.43. The fourth-order valence-electron chi connectivity index (χ4n) is 3.33. The predicted octanol–water partition coefficient (Wildman–Crippen LogP) is 3.97. The van der Waals surface area contributed by atoms with E-state index in [2.05, 4.69) is 43.3 Å². The number of thiocarbonyl (C=S) groups is 1. The Morgan fingerprint density at radius 1 is 0.893 bits per heavy atom. The maximum absolute atomic E-state index is 5.59. The SMILES string of the molecule is Cc1nc(-c2ccccc2)cc(N2CCN(C(=S)Nc3ccccc3)CC2)n1. The lowest BCUT2D eigenvalue weighted by Gasteiger charge is -2.37. The van der Waals surface area contributed by atoms with Crippen molar-refractivity contribution in [2.45, 2.75) is 6.92 Å². The number of aryl methyl sites for hydroxylation is 1. The molecule has 0 atom stereocenters. The third kappa shape index (κ3) is 4.28. The van der Waals surface area contributed by atoms with Gasteiger partial charge >= 0.3 is 0 Å². The first-order valence-electron chi connectivity index (χ1n) is 9.46. The first-order valence-corrected chi connectivity index (χ1v) is 9.87. The van der Waals surface area contributed by atoms with Crippen LogP contribution in [0.1, 0.15) is 5.82 Å². The van der Waals surface area contributed by atoms with Gasteiger partial charge in [-0.15, -0.1) is 0 Å². The maximum atomic E-state index is 5.59. The van der Waals surface area contributed by atoms with Gasteiger partial charge in [-0.2, -0.15) is 0 Å². The molecule has 28 heavy (non-hydrogen) atoms. The van der Waals surface area contributed by atoms with Crippen molar-refractivity contribution in [2.24, 2.45) is 0 Å². The van der Waals surface area contributed by atoms with Crippen molar-refractivity contribution in [1.29, 1.82) is 0 Å². The number of aromatic nitrogens is 2. The summed E-state index contributed by atoms with van der Waals surface area (Å²) in [5, 5.41) is 4.09. The molecule has 3 aromatic rings. The standard InChI is InChI=1S/C22H23N5S/c1-17-23-20(18-8-4-2-5-9-18)16-21(24-17)26-12-14-27(15-13-26)22(28)25-19-10-6-3-7-11-19/h2-11,16H,12-15H2,1H3,(H,25,28). The Morgan fingerprint density at radius 2 is 1.54 bits per heavy atom. The number of hydrogen-bond donors (Lipinski definition) is 1. The number of piperazine rings is 1. The van der Waals surface area contributed by atoms with Gasteiger partial charge in [-0.1, -0.05) is 48.5 Å². The predicted molar refractivity (Wildman–Crippen MR) is 119 cm³/mol. The second-order valence-corrected chi connectivity index (χ2v) is 7.18. The fraction of sp³-hybridized carbons (Fsp3) is 0.227. The van der Waals surface area contributed by atoms with Crippen molar-refractivity contribution >= 4 is 28.8 Å². The number of nitrogens with zero attached hydrogens (tertiary/aromatic N) is 4. The summed E-state index contributed by atoms with van der Waals surface area (Å²) < 4.78 is 0. The van der Waals surface area contributed by atoms with Crippen LogP contribution in [0.15, 0.2) is 66.7 Å². The molecule has 1 saturated heterocycles. The van der Waals surface area contributed by atoms with Crippen molar-refractivity contribution in [1.82, 2.24) is 14.9 Å². The van der Waals surface area contributed by atoms with Crippen molar-refractivity contribution < 1.29 is 0 Å². The third-order valence-electron chi connectivity index (χ3n) is 4.81. The molecule has 1 aromatic heterocycles. The number of benzene rings is 2. The van der Waals surface area contributed by atoms with Crippen LogP contribution in [0.25, 0.3) is 11.3 Å². The minimum atomic E-state index is 0.773. The molecule has 1 aliphatic rings. The monoisotopic (exact) mass is 389 g/mol. The molecule has 0 radical (unpaired) electrons. The van der Waals surface area contributed by atoms with Crippen molar-refractivity contribution in [3.63, 3.8) is 0 Å². The fourth-order valence-corrected chi connectivity index (χ4v) is 3.63. The lowest BCUT2D eigenvalue weighted by atomic mass is 10.1. The number of rotatable bonds is 3. The molecule has 2 aromatic carbocycles. The molecule has 0 aliphatic carbocycles. The van der Waals surface area contributed by atoms with Crippen LogP contribution in [0.5, 0.6) is 0 Å². The first-order chi connectivity index (χ1) is 13.7. The molecule has 1 aliphatic heterocycles. The highest BCUT2D eigenvalue weighted by molar-refractivity contribution is 7.80. The largest absolute Gasteiger partial charge is 0.353 e. The molecule has 0 spiro atoms. The molecular formula is C22H23N5S. The summed E-state index contributed by atoms with van der Waals surface area (Å²) in [5.74, 6) is 1.77. The second kappa shape index (κ2) is 8.35. The zero-order valence-electron chi connectivity index (χ0n) is 15.9. The van der Waals surface area contributed by atoms with Crippen LogP contribution < -0.4 is 10.2 Å². The zero-order valence-corrected chi connectivity index (χ0v) is 16.7. The molecule has 5 nitrogen and oxygen atoms in total. The van der Waals surface area contributed by atoms with Crippen LogP contribution in [0, 0.1) is 6.92 Å². The quantitative estimate of drug-likeness (QED) is 0.684. The Labute approximate surface area is 171 Å². The van der Waals surface area contributed by atoms with Crippen LogP contribution in [-0.4, -0.2) is 46.2 Å². The van der Waals surface area contributed by atoms with Crippen molar-refractivity contribution in [3.05, 3.63) is 72.6 Å². The molecule has 1 fully saturated rings. The lowest BCUT2D eigenvalue weighted by molar-refractivity contribution is 0.389. The van der Waals surface area contributed by atoms with Crippen LogP contribution in [0.3, 0.4) is 0 Å². The summed E-state index contributed by atoms with van der Waals surface area (Å²) in [6.07, 6.45) is 0. The van der Waals surface area contributed by atoms with Gasteiger partial charge in [0.2, 0.25) is 0 Å². The summed E-state index contributed by atoms with van der Waals surface area (Å²) in [7, 11) is 0. The van der Waals surface area contributed by atoms with E-state index in [1.54, 1.807) is 0 Å². The molecule has 142 valence electrons. The van der Waals surface area contributed by atoms with Gasteiger partial charge in [0.15, 0.2) is 5.11 Å². The van der Waals surface area contributed by atoms with Gasteiger partial charge in [-0.3, -0.25) is 0 Å². The third-order valence-corrected chi connectivity index (χ3v) is 5.17. The molecule has 6 heteroatoms. The van der Waals surface area contributed by atoms with E-state index in [9.17, 15) is 0 Å². The van der Waals surface area contributed by atoms with Gasteiger partial charge in [-0.05, 0) is 31.3 Å². The normalized spacial score (nSPS) is 14.0. The van der Waals surface area contributed by atoms with Crippen LogP contribution >= 0.6 is 12.2 Å². The number of para-hydroxylation sites is 1. The molecule has 0 amide bonds. The summed E-state index contributed by atoms with van der Waals surface area (Å²) in [5.41, 5.74) is 3.10. The van der Waals surface area contributed by atoms with Crippen molar-refractivity contribution in [2.75, 3.05) is 36.4 Å². The lowest BCUT2D eigenvalue weighted by Crippen LogP contribution is -2.50. The van der Waals surface area contributed by atoms with E-state index < -0.39 is 0 Å². The van der Waals surface area contributed by atoms with Gasteiger partial charge in [0.1, 0.15) is 11.6 Å². The summed E-state index contributed by atoms with van der Waals surface area (Å²) in [4.78, 5) is 13.8. The van der Waals surface area contributed by atoms with Crippen LogP contribution in [0.4, 0.5) is 11.5 Å². The Kier molecular flexibility index (Phi) is 5.48. The highest BCUT2D eigenvalue weighted by atomic mass is 32.1. The van der Waals surface area contributed by atoms with E-state index in [-0.39, 0.29) is 0 Å². The summed E-state index contributed by atoms with van der Waals surface area (Å²) >= 11 is 5.59. The van der Waals surface area contributed by atoms with Gasteiger partial charge in [0.25, 0.3) is 0 Å². The smallest absolute Gasteiger partial charge is 0.173 e. The summed E-state index contributed by atoms with van der Waals surface area (Å²) in [6, 6.07) is 22.4. The number of hydrogen-bond acceptors (Lipinski definition) is 4. The minimum Gasteiger partial charge on any atom is -0.353 e. The number of nitrogens with one attached hydrogen (secondary N) is 1. The van der Waals surface area contributed by atoms with E-state index in [0.717, 1.165) is 59.9 Å². The van der Waals surface area contributed by atoms with Crippen LogP contribution in [-0.2, 0) is 0 Å². The molecule has 2 heterocycles. The molecule has 1 N–H and O–H groups in total. The van der Waals surface area contributed by atoms with E-state index in [4.69, 9.17) is 12.2 Å². The molecule has 0 saturated carbocycles. The Bertz CT molecular complexity index is 938.